The van der Waals surface area contributed by atoms with Crippen LogP contribution in [-0.2, 0) is 0 Å². The summed E-state index contributed by atoms with van der Waals surface area (Å²) in [6.07, 6.45) is 5.02. The lowest BCUT2D eigenvalue weighted by molar-refractivity contribution is 0.0885. The summed E-state index contributed by atoms with van der Waals surface area (Å²) in [7, 11) is 0. The van der Waals surface area contributed by atoms with Crippen molar-refractivity contribution in [2.24, 2.45) is 5.92 Å². The van der Waals surface area contributed by atoms with Crippen LogP contribution in [0, 0.1) is 18.7 Å². The molecule has 0 amide bonds. The fourth-order valence-electron chi connectivity index (χ4n) is 2.45. The number of hydrogen-bond donors (Lipinski definition) is 0. The van der Waals surface area contributed by atoms with Crippen molar-refractivity contribution in [3.63, 3.8) is 0 Å². The monoisotopic (exact) mass is 254 g/mol. The Morgan fingerprint density at radius 2 is 1.94 bits per heavy atom. The van der Waals surface area contributed by atoms with Crippen LogP contribution < -0.4 is 0 Å². The predicted molar refractivity (Wildman–Crippen MR) is 67.1 cm³/mol. The van der Waals surface area contributed by atoms with Crippen molar-refractivity contribution in [1.82, 2.24) is 0 Å². The first-order valence-corrected chi connectivity index (χ1v) is 6.48. The molecule has 3 heteroatoms. The Kier molecular flexibility index (Phi) is 3.82. The third-order valence-electron chi connectivity index (χ3n) is 3.51. The van der Waals surface area contributed by atoms with E-state index in [0.29, 0.717) is 5.56 Å². The lowest BCUT2D eigenvalue weighted by Gasteiger charge is -2.21. The van der Waals surface area contributed by atoms with Crippen molar-refractivity contribution in [3.05, 3.63) is 34.1 Å². The Labute approximate surface area is 106 Å². The van der Waals surface area contributed by atoms with Crippen molar-refractivity contribution in [3.8, 4) is 0 Å². The van der Waals surface area contributed by atoms with Gasteiger partial charge >= 0.3 is 0 Å². The van der Waals surface area contributed by atoms with E-state index in [4.69, 9.17) is 11.6 Å². The zero-order valence-electron chi connectivity index (χ0n) is 9.93. The second-order valence-corrected chi connectivity index (χ2v) is 5.16. The summed E-state index contributed by atoms with van der Waals surface area (Å²) in [4.78, 5) is 12.3. The summed E-state index contributed by atoms with van der Waals surface area (Å²) in [6.45, 7) is 1.66. The van der Waals surface area contributed by atoms with Crippen molar-refractivity contribution >= 4 is 17.4 Å². The molecule has 1 aliphatic carbocycles. The van der Waals surface area contributed by atoms with Gasteiger partial charge in [-0.1, -0.05) is 36.9 Å². The van der Waals surface area contributed by atoms with Gasteiger partial charge in [0.25, 0.3) is 0 Å². The number of hydrogen-bond acceptors (Lipinski definition) is 1. The maximum atomic E-state index is 14.0. The van der Waals surface area contributed by atoms with E-state index in [9.17, 15) is 9.18 Å². The standard InChI is InChI=1S/C14H16ClFO/c1-9-7-8-11(15)12(13(9)16)14(17)10-5-3-2-4-6-10/h7-8,10H,2-6H2,1H3. The molecule has 17 heavy (non-hydrogen) atoms. The van der Waals surface area contributed by atoms with E-state index < -0.39 is 5.82 Å². The fraction of sp³-hybridized carbons (Fsp3) is 0.500. The van der Waals surface area contributed by atoms with Gasteiger partial charge in [-0.3, -0.25) is 4.79 Å². The van der Waals surface area contributed by atoms with Crippen LogP contribution in [0.15, 0.2) is 12.1 Å². The summed E-state index contributed by atoms with van der Waals surface area (Å²) in [5.74, 6) is -0.610. The van der Waals surface area contributed by atoms with Crippen LogP contribution in [0.4, 0.5) is 4.39 Å². The number of rotatable bonds is 2. The highest BCUT2D eigenvalue weighted by molar-refractivity contribution is 6.34. The molecule has 0 heterocycles. The van der Waals surface area contributed by atoms with E-state index in [1.807, 2.05) is 0 Å². The molecule has 2 rings (SSSR count). The highest BCUT2D eigenvalue weighted by Crippen LogP contribution is 2.31. The Hall–Kier alpha value is -0.890. The van der Waals surface area contributed by atoms with Crippen LogP contribution in [0.3, 0.4) is 0 Å². The average Bonchev–Trinajstić information content (AvgIpc) is 2.35. The van der Waals surface area contributed by atoms with Gasteiger partial charge in [0.1, 0.15) is 5.82 Å². The average molecular weight is 255 g/mol. The third-order valence-corrected chi connectivity index (χ3v) is 3.82. The summed E-state index contributed by atoms with van der Waals surface area (Å²) in [5.41, 5.74) is 0.576. The van der Waals surface area contributed by atoms with Gasteiger partial charge in [-0.25, -0.2) is 4.39 Å². The zero-order chi connectivity index (χ0) is 12.4. The minimum Gasteiger partial charge on any atom is -0.294 e. The van der Waals surface area contributed by atoms with Crippen molar-refractivity contribution < 1.29 is 9.18 Å². The summed E-state index contributed by atoms with van der Waals surface area (Å²) >= 11 is 5.95. The highest BCUT2D eigenvalue weighted by Gasteiger charge is 2.27. The molecule has 1 fully saturated rings. The number of aryl methyl sites for hydroxylation is 1. The Morgan fingerprint density at radius 1 is 1.29 bits per heavy atom. The number of carbonyl (C=O) groups excluding carboxylic acids is 1. The molecule has 0 unspecified atom stereocenters. The number of carbonyl (C=O) groups is 1. The normalized spacial score (nSPS) is 17.1. The van der Waals surface area contributed by atoms with Crippen molar-refractivity contribution in [2.45, 2.75) is 39.0 Å². The van der Waals surface area contributed by atoms with Gasteiger partial charge in [-0.05, 0) is 31.4 Å². The van der Waals surface area contributed by atoms with Crippen LogP contribution in [0.1, 0.15) is 48.0 Å². The maximum Gasteiger partial charge on any atom is 0.170 e. The molecule has 0 aliphatic heterocycles. The quantitative estimate of drug-likeness (QED) is 0.708. The molecule has 1 nitrogen and oxygen atoms in total. The molecule has 0 spiro atoms. The smallest absolute Gasteiger partial charge is 0.170 e. The molecule has 1 aliphatic rings. The van der Waals surface area contributed by atoms with Gasteiger partial charge in [-0.15, -0.1) is 0 Å². The minimum atomic E-state index is -0.451. The maximum absolute atomic E-state index is 14.0. The molecule has 1 aromatic rings. The zero-order valence-corrected chi connectivity index (χ0v) is 10.7. The molecule has 0 saturated heterocycles. The molecule has 0 radical (unpaired) electrons. The largest absolute Gasteiger partial charge is 0.294 e. The molecule has 92 valence electrons. The van der Waals surface area contributed by atoms with Crippen LogP contribution in [-0.4, -0.2) is 5.78 Å². The van der Waals surface area contributed by atoms with Crippen molar-refractivity contribution in [1.29, 1.82) is 0 Å². The van der Waals surface area contributed by atoms with Gasteiger partial charge in [0.05, 0.1) is 10.6 Å². The summed E-state index contributed by atoms with van der Waals surface area (Å²) in [6, 6.07) is 3.21. The number of halogens is 2. The first kappa shape index (κ1) is 12.6. The van der Waals surface area contributed by atoms with E-state index >= 15 is 0 Å². The number of Topliss-reactive ketones (excluding diaryl/α,β-unsaturated/α-hetero) is 1. The van der Waals surface area contributed by atoms with E-state index in [-0.39, 0.29) is 22.3 Å². The molecule has 0 atom stereocenters. The molecule has 1 aromatic carbocycles. The molecular weight excluding hydrogens is 239 g/mol. The lowest BCUT2D eigenvalue weighted by Crippen LogP contribution is -2.19. The third kappa shape index (κ3) is 2.52. The van der Waals surface area contributed by atoms with Crippen molar-refractivity contribution in [2.75, 3.05) is 0 Å². The van der Waals surface area contributed by atoms with E-state index in [1.54, 1.807) is 19.1 Å². The van der Waals surface area contributed by atoms with E-state index in [2.05, 4.69) is 0 Å². The van der Waals surface area contributed by atoms with Gasteiger partial charge in [0.15, 0.2) is 5.78 Å². The molecule has 0 aromatic heterocycles. The van der Waals surface area contributed by atoms with Crippen LogP contribution in [0.25, 0.3) is 0 Å². The van der Waals surface area contributed by atoms with Gasteiger partial charge in [0.2, 0.25) is 0 Å². The number of ketones is 1. The lowest BCUT2D eigenvalue weighted by atomic mass is 9.83. The van der Waals surface area contributed by atoms with E-state index in [0.717, 1.165) is 25.7 Å². The first-order chi connectivity index (χ1) is 8.11. The molecule has 0 bridgehead atoms. The van der Waals surface area contributed by atoms with Crippen LogP contribution >= 0.6 is 11.6 Å². The van der Waals surface area contributed by atoms with Crippen LogP contribution in [0.5, 0.6) is 0 Å². The predicted octanol–water partition coefficient (Wildman–Crippen LogP) is 4.55. The van der Waals surface area contributed by atoms with Crippen LogP contribution in [0.2, 0.25) is 5.02 Å². The summed E-state index contributed by atoms with van der Waals surface area (Å²) < 4.78 is 14.0. The Balaban J connectivity index is 2.32. The first-order valence-electron chi connectivity index (χ1n) is 6.10. The Bertz CT molecular complexity index is 436. The number of benzene rings is 1. The minimum absolute atomic E-state index is 0.0439. The molecular formula is C14H16ClFO. The van der Waals surface area contributed by atoms with Gasteiger partial charge in [0, 0.05) is 5.92 Å². The fourth-order valence-corrected chi connectivity index (χ4v) is 2.69. The van der Waals surface area contributed by atoms with Gasteiger partial charge < -0.3 is 0 Å². The second kappa shape index (κ2) is 5.18. The summed E-state index contributed by atoms with van der Waals surface area (Å²) in [5, 5.41) is 0.240. The SMILES string of the molecule is Cc1ccc(Cl)c(C(=O)C2CCCCC2)c1F. The molecule has 1 saturated carbocycles. The van der Waals surface area contributed by atoms with Gasteiger partial charge in [-0.2, -0.15) is 0 Å². The second-order valence-electron chi connectivity index (χ2n) is 4.75. The highest BCUT2D eigenvalue weighted by atomic mass is 35.5. The van der Waals surface area contributed by atoms with E-state index in [1.165, 1.54) is 6.42 Å². The topological polar surface area (TPSA) is 17.1 Å². The Morgan fingerprint density at radius 3 is 2.59 bits per heavy atom. The molecule has 0 N–H and O–H groups in total.